The van der Waals surface area contributed by atoms with Gasteiger partial charge >= 0.3 is 0 Å². The van der Waals surface area contributed by atoms with Crippen molar-refractivity contribution in [2.24, 2.45) is 0 Å². The second-order valence-corrected chi connectivity index (χ2v) is 14.1. The van der Waals surface area contributed by atoms with Gasteiger partial charge in [0.25, 0.3) is 11.8 Å². The maximum absolute atomic E-state index is 12.2. The summed E-state index contributed by atoms with van der Waals surface area (Å²) in [6.07, 6.45) is 19.7. The molecule has 276 valence electrons. The summed E-state index contributed by atoms with van der Waals surface area (Å²) in [6, 6.07) is 18.9. The van der Waals surface area contributed by atoms with Gasteiger partial charge in [-0.25, -0.2) is 19.3 Å². The Labute approximate surface area is 325 Å². The third kappa shape index (κ3) is 8.50. The Morgan fingerprint density at radius 2 is 1.02 bits per heavy atom. The number of rotatable bonds is 10. The molecule has 54 heavy (non-hydrogen) atoms. The summed E-state index contributed by atoms with van der Waals surface area (Å²) >= 11 is 0. The molecule has 4 aliphatic rings. The van der Waals surface area contributed by atoms with Crippen molar-refractivity contribution in [1.82, 2.24) is 39.5 Å². The van der Waals surface area contributed by atoms with Gasteiger partial charge in [0.1, 0.15) is 0 Å². The topological polar surface area (TPSA) is 145 Å². The lowest BCUT2D eigenvalue weighted by molar-refractivity contribution is 0.101. The van der Waals surface area contributed by atoms with E-state index in [2.05, 4.69) is 42.7 Å². The molecular formula is C40H40Cl2N10O2. The van der Waals surface area contributed by atoms with Crippen LogP contribution in [-0.2, 0) is 0 Å². The summed E-state index contributed by atoms with van der Waals surface area (Å²) < 4.78 is 3.97. The summed E-state index contributed by atoms with van der Waals surface area (Å²) in [6.45, 7) is 0. The minimum atomic E-state index is -0.193. The first-order chi connectivity index (χ1) is 25.6. The highest BCUT2D eigenvalue weighted by atomic mass is 35.5. The molecular weight excluding hydrogens is 723 g/mol. The fourth-order valence-corrected chi connectivity index (χ4v) is 6.27. The molecule has 0 bridgehead atoms. The van der Waals surface area contributed by atoms with Gasteiger partial charge in [0.15, 0.2) is 11.6 Å². The van der Waals surface area contributed by atoms with Crippen molar-refractivity contribution in [3.8, 4) is 11.6 Å². The number of carbonyl (C=O) groups excluding carboxylic acids is 2. The summed E-state index contributed by atoms with van der Waals surface area (Å²) in [7, 11) is 0. The Morgan fingerprint density at radius 3 is 1.43 bits per heavy atom. The second-order valence-electron chi connectivity index (χ2n) is 14.1. The number of amides is 2. The van der Waals surface area contributed by atoms with Crippen molar-refractivity contribution < 1.29 is 9.59 Å². The maximum atomic E-state index is 12.2. The third-order valence-electron chi connectivity index (χ3n) is 9.81. The largest absolute Gasteiger partial charge is 0.321 e. The van der Waals surface area contributed by atoms with Crippen LogP contribution >= 0.6 is 24.8 Å². The molecule has 2 N–H and O–H groups in total. The number of carbonyl (C=O) groups is 2. The van der Waals surface area contributed by atoms with Crippen molar-refractivity contribution in [2.45, 2.75) is 75.0 Å². The quantitative estimate of drug-likeness (QED) is 0.142. The lowest BCUT2D eigenvalue weighted by Crippen LogP contribution is -2.12. The van der Waals surface area contributed by atoms with Gasteiger partial charge in [-0.1, -0.05) is 0 Å². The van der Waals surface area contributed by atoms with Crippen LogP contribution in [0.25, 0.3) is 11.6 Å². The lowest BCUT2D eigenvalue weighted by Gasteiger charge is -2.08. The van der Waals surface area contributed by atoms with Crippen LogP contribution in [0.2, 0.25) is 0 Å². The highest BCUT2D eigenvalue weighted by molar-refractivity contribution is 6.04. The highest BCUT2D eigenvalue weighted by Crippen LogP contribution is 2.46. The van der Waals surface area contributed by atoms with Gasteiger partial charge in [-0.2, -0.15) is 10.2 Å². The molecule has 14 heteroatoms. The smallest absolute Gasteiger partial charge is 0.257 e. The maximum Gasteiger partial charge on any atom is 0.257 e. The van der Waals surface area contributed by atoms with E-state index in [0.29, 0.717) is 46.2 Å². The van der Waals surface area contributed by atoms with Crippen molar-refractivity contribution in [2.75, 3.05) is 10.6 Å². The molecule has 4 fully saturated rings. The summed E-state index contributed by atoms with van der Waals surface area (Å²) in [5.74, 6) is 3.74. The van der Waals surface area contributed by atoms with Gasteiger partial charge in [0, 0.05) is 65.4 Å². The molecule has 0 aliphatic heterocycles. The minimum Gasteiger partial charge on any atom is -0.321 e. The summed E-state index contributed by atoms with van der Waals surface area (Å²) in [4.78, 5) is 41.4. The number of anilines is 2. The van der Waals surface area contributed by atoms with E-state index in [4.69, 9.17) is 10.2 Å². The predicted octanol–water partition coefficient (Wildman–Crippen LogP) is 8.18. The molecule has 2 amide bonds. The summed E-state index contributed by atoms with van der Waals surface area (Å²) in [5, 5.41) is 15.3. The van der Waals surface area contributed by atoms with Crippen molar-refractivity contribution in [1.29, 1.82) is 0 Å². The van der Waals surface area contributed by atoms with Crippen LogP contribution in [0.3, 0.4) is 0 Å². The fraction of sp³-hybridized carbons (Fsp3) is 0.300. The van der Waals surface area contributed by atoms with E-state index < -0.39 is 0 Å². The van der Waals surface area contributed by atoms with Gasteiger partial charge in [0.2, 0.25) is 0 Å². The van der Waals surface area contributed by atoms with Gasteiger partial charge in [-0.3, -0.25) is 19.6 Å². The Bertz CT molecular complexity index is 2050. The second kappa shape index (κ2) is 15.9. The standard InChI is InChI=1S/2C20H19N5O.2ClH/c26-20(15-7-9-21-10-8-15)23-16-5-6-19(22-12-16)25-18(14-3-4-14)11-17(24-25)13-1-2-13;26-20(15-2-1-9-21-11-15)23-16-7-8-19(22-12-16)25-18(14-5-6-14)10-17(24-25)13-3-4-13;;/h5-14H,1-4H2,(H,23,26);1-2,7-14H,3-6H2,(H,23,26);2*1H. The van der Waals surface area contributed by atoms with E-state index >= 15 is 0 Å². The first-order valence-electron chi connectivity index (χ1n) is 18.1. The molecule has 6 aromatic heterocycles. The molecule has 4 aliphatic carbocycles. The van der Waals surface area contributed by atoms with Crippen LogP contribution < -0.4 is 10.6 Å². The average Bonchev–Trinajstić information content (AvgIpc) is 3.98. The van der Waals surface area contributed by atoms with E-state index in [-0.39, 0.29) is 36.6 Å². The van der Waals surface area contributed by atoms with Gasteiger partial charge in [0.05, 0.1) is 40.7 Å². The van der Waals surface area contributed by atoms with Crippen LogP contribution in [0, 0.1) is 0 Å². The zero-order valence-electron chi connectivity index (χ0n) is 29.4. The van der Waals surface area contributed by atoms with E-state index in [1.165, 1.54) is 74.1 Å². The van der Waals surface area contributed by atoms with Crippen LogP contribution in [0.15, 0.2) is 97.8 Å². The molecule has 10 rings (SSSR count). The van der Waals surface area contributed by atoms with Crippen molar-refractivity contribution >= 4 is 48.0 Å². The number of hydrogen-bond donors (Lipinski definition) is 2. The Morgan fingerprint density at radius 1 is 0.537 bits per heavy atom. The monoisotopic (exact) mass is 762 g/mol. The van der Waals surface area contributed by atoms with Crippen LogP contribution in [0.4, 0.5) is 11.4 Å². The Hall–Kier alpha value is -5.46. The molecule has 4 saturated carbocycles. The van der Waals surface area contributed by atoms with Gasteiger partial charge in [-0.05, 0) is 112 Å². The Kier molecular flexibility index (Phi) is 10.8. The molecule has 0 aromatic carbocycles. The fourth-order valence-electron chi connectivity index (χ4n) is 6.27. The Balaban J connectivity index is 0.000000161. The lowest BCUT2D eigenvalue weighted by atomic mass is 10.2. The van der Waals surface area contributed by atoms with E-state index in [0.717, 1.165) is 11.6 Å². The van der Waals surface area contributed by atoms with Gasteiger partial charge in [-0.15, -0.1) is 24.8 Å². The van der Waals surface area contributed by atoms with E-state index in [1.54, 1.807) is 61.4 Å². The van der Waals surface area contributed by atoms with Crippen LogP contribution in [0.5, 0.6) is 0 Å². The average molecular weight is 764 g/mol. The van der Waals surface area contributed by atoms with Crippen LogP contribution in [-0.4, -0.2) is 51.3 Å². The molecule has 0 atom stereocenters. The number of aromatic nitrogens is 8. The molecule has 0 saturated heterocycles. The molecule has 12 nitrogen and oxygen atoms in total. The number of nitrogens with one attached hydrogen (secondary N) is 2. The van der Waals surface area contributed by atoms with E-state index in [9.17, 15) is 9.59 Å². The molecule has 6 heterocycles. The normalized spacial score (nSPS) is 15.9. The summed E-state index contributed by atoms with van der Waals surface area (Å²) in [5.41, 5.74) is 7.35. The van der Waals surface area contributed by atoms with Gasteiger partial charge < -0.3 is 10.6 Å². The first-order valence-corrected chi connectivity index (χ1v) is 18.1. The van der Waals surface area contributed by atoms with Crippen molar-refractivity contribution in [3.05, 3.63) is 132 Å². The molecule has 0 radical (unpaired) electrons. The van der Waals surface area contributed by atoms with E-state index in [1.807, 2.05) is 33.6 Å². The number of pyridine rings is 4. The highest BCUT2D eigenvalue weighted by Gasteiger charge is 2.34. The van der Waals surface area contributed by atoms with Crippen molar-refractivity contribution in [3.63, 3.8) is 0 Å². The minimum absolute atomic E-state index is 0. The molecule has 0 unspecified atom stereocenters. The number of halogens is 2. The predicted molar refractivity (Wildman–Crippen MR) is 209 cm³/mol. The number of hydrogen-bond acceptors (Lipinski definition) is 8. The van der Waals surface area contributed by atoms with Crippen LogP contribution in [0.1, 0.15) is 119 Å². The number of nitrogens with zero attached hydrogens (tertiary/aromatic N) is 8. The molecule has 6 aromatic rings. The SMILES string of the molecule is Cl.Cl.O=C(Nc1ccc(-n2nc(C3CC3)cc2C2CC2)nc1)c1cccnc1.O=C(Nc1ccc(-n2nc(C3CC3)cc2C2CC2)nc1)c1ccncc1. The first kappa shape index (κ1) is 36.9. The third-order valence-corrected chi connectivity index (χ3v) is 9.81. The molecule has 0 spiro atoms. The zero-order valence-corrected chi connectivity index (χ0v) is 31.0. The zero-order chi connectivity index (χ0) is 35.0.